The van der Waals surface area contributed by atoms with E-state index in [4.69, 9.17) is 37.5 Å². The maximum Gasteiger partial charge on any atom is 0.326 e. The van der Waals surface area contributed by atoms with E-state index < -0.39 is 29.4 Å². The molecule has 12 heteroatoms. The van der Waals surface area contributed by atoms with E-state index in [1.165, 1.54) is 21.1 Å². The number of carboxylic acid groups (broad SMARTS) is 1. The largest absolute Gasteiger partial charge is 0.496 e. The average molecular weight is 600 g/mol. The number of amides is 2. The Labute approximate surface area is 246 Å². The molecule has 3 aromatic carbocycles. The molecule has 1 heterocycles. The number of ether oxygens (including phenoxy) is 2. The first-order valence-corrected chi connectivity index (χ1v) is 13.2. The molecule has 0 spiro atoms. The van der Waals surface area contributed by atoms with Crippen molar-refractivity contribution in [2.24, 2.45) is 5.16 Å². The quantitative estimate of drug-likeness (QED) is 0.300. The van der Waals surface area contributed by atoms with E-state index in [-0.39, 0.29) is 28.5 Å². The number of methoxy groups -OCH3 is 2. The second kappa shape index (κ2) is 12.5. The van der Waals surface area contributed by atoms with Gasteiger partial charge in [-0.3, -0.25) is 9.59 Å². The van der Waals surface area contributed by atoms with Crippen molar-refractivity contribution >= 4 is 52.4 Å². The lowest BCUT2D eigenvalue weighted by atomic mass is 9.93. The summed E-state index contributed by atoms with van der Waals surface area (Å²) in [6.45, 7) is 1.53. The van der Waals surface area contributed by atoms with E-state index >= 15 is 0 Å². The van der Waals surface area contributed by atoms with Crippen molar-refractivity contribution in [3.8, 4) is 11.5 Å². The minimum absolute atomic E-state index is 0.0181. The van der Waals surface area contributed by atoms with Crippen molar-refractivity contribution in [2.75, 3.05) is 19.5 Å². The molecular weight excluding hydrogens is 573 g/mol. The highest BCUT2D eigenvalue weighted by Gasteiger charge is 2.44. The number of nitrogens with zero attached hydrogens (tertiary/aromatic N) is 1. The number of carbonyl (C=O) groups excluding carboxylic acids is 2. The molecule has 0 fully saturated rings. The van der Waals surface area contributed by atoms with Crippen LogP contribution in [0, 0.1) is 0 Å². The molecule has 214 valence electrons. The number of carbonyl (C=O) groups is 3. The van der Waals surface area contributed by atoms with Gasteiger partial charge in [-0.2, -0.15) is 0 Å². The van der Waals surface area contributed by atoms with Gasteiger partial charge in [0, 0.05) is 18.5 Å². The number of aliphatic carboxylic acids is 1. The van der Waals surface area contributed by atoms with Gasteiger partial charge in [0.25, 0.3) is 11.8 Å². The molecule has 1 aliphatic rings. The van der Waals surface area contributed by atoms with Crippen LogP contribution in [0.5, 0.6) is 11.5 Å². The molecule has 41 heavy (non-hydrogen) atoms. The summed E-state index contributed by atoms with van der Waals surface area (Å²) in [6.07, 6.45) is 0.0432. The third-order valence-electron chi connectivity index (χ3n) is 6.50. The van der Waals surface area contributed by atoms with Crippen molar-refractivity contribution in [3.05, 3.63) is 87.4 Å². The Morgan fingerprint density at radius 1 is 1.00 bits per heavy atom. The minimum Gasteiger partial charge on any atom is -0.496 e. The zero-order valence-electron chi connectivity index (χ0n) is 22.4. The lowest BCUT2D eigenvalue weighted by Gasteiger charge is -2.23. The summed E-state index contributed by atoms with van der Waals surface area (Å²) in [5, 5.41) is 19.6. The van der Waals surface area contributed by atoms with Gasteiger partial charge in [0.15, 0.2) is 0 Å². The Morgan fingerprint density at radius 2 is 1.59 bits per heavy atom. The first-order valence-electron chi connectivity index (χ1n) is 12.4. The van der Waals surface area contributed by atoms with Crippen molar-refractivity contribution < 1.29 is 33.8 Å². The molecule has 1 aliphatic heterocycles. The van der Waals surface area contributed by atoms with E-state index in [9.17, 15) is 19.5 Å². The Balaban J connectivity index is 1.42. The van der Waals surface area contributed by atoms with Crippen LogP contribution < -0.4 is 20.1 Å². The molecule has 0 saturated heterocycles. The minimum atomic E-state index is -1.46. The van der Waals surface area contributed by atoms with Gasteiger partial charge in [-0.1, -0.05) is 52.6 Å². The van der Waals surface area contributed by atoms with Gasteiger partial charge in [-0.15, -0.1) is 0 Å². The monoisotopic (exact) mass is 599 g/mol. The molecule has 0 aromatic heterocycles. The Kier molecular flexibility index (Phi) is 9.05. The molecule has 10 nitrogen and oxygen atoms in total. The SMILES string of the molecule is COc1cccc(OC)c1C1=NOC(C)(C(=O)NC(Cc2ccc(NC(=O)c3c(Cl)cccc3Cl)cc2)C(=O)O)C1. The van der Waals surface area contributed by atoms with Crippen LogP contribution in [0.1, 0.15) is 34.8 Å². The number of benzene rings is 3. The average Bonchev–Trinajstić information content (AvgIpc) is 3.35. The van der Waals surface area contributed by atoms with Crippen LogP contribution in [-0.4, -0.2) is 54.5 Å². The molecule has 0 aliphatic carbocycles. The topological polar surface area (TPSA) is 136 Å². The number of rotatable bonds is 10. The lowest BCUT2D eigenvalue weighted by Crippen LogP contribution is -2.51. The second-order valence-corrected chi connectivity index (χ2v) is 10.2. The summed E-state index contributed by atoms with van der Waals surface area (Å²) in [4.78, 5) is 43.4. The number of oxime groups is 1. The number of hydrogen-bond donors (Lipinski definition) is 3. The van der Waals surface area contributed by atoms with Gasteiger partial charge in [0.05, 0.1) is 41.1 Å². The molecule has 0 bridgehead atoms. The molecule has 2 atom stereocenters. The Hall–Kier alpha value is -4.28. The summed E-state index contributed by atoms with van der Waals surface area (Å²) >= 11 is 12.2. The van der Waals surface area contributed by atoms with Crippen LogP contribution in [0.4, 0.5) is 5.69 Å². The summed E-state index contributed by atoms with van der Waals surface area (Å²) in [6, 6.07) is 15.3. The highest BCUT2D eigenvalue weighted by atomic mass is 35.5. The van der Waals surface area contributed by atoms with Crippen LogP contribution in [0.25, 0.3) is 0 Å². The normalized spacial score (nSPS) is 16.7. The third-order valence-corrected chi connectivity index (χ3v) is 7.13. The van der Waals surface area contributed by atoms with Crippen LogP contribution in [-0.2, 0) is 20.8 Å². The number of hydrogen-bond acceptors (Lipinski definition) is 7. The maximum absolute atomic E-state index is 13.2. The Morgan fingerprint density at radius 3 is 2.15 bits per heavy atom. The smallest absolute Gasteiger partial charge is 0.326 e. The second-order valence-electron chi connectivity index (χ2n) is 9.39. The predicted molar refractivity (Wildman–Crippen MR) is 154 cm³/mol. The molecule has 2 amide bonds. The summed E-state index contributed by atoms with van der Waals surface area (Å²) in [5.41, 5.74) is 0.733. The highest BCUT2D eigenvalue weighted by molar-refractivity contribution is 6.40. The molecule has 0 saturated carbocycles. The standard InChI is InChI=1S/C29H27Cl2N3O7/c1-29(15-21(34-41-29)25-22(39-2)8-5-9-23(25)40-3)28(38)33-20(27(36)37)14-16-10-12-17(13-11-16)32-26(35)24-18(30)6-4-7-19(24)31/h4-13,20H,14-15H2,1-3H3,(H,32,35)(H,33,38)(H,36,37). The number of halogens is 2. The van der Waals surface area contributed by atoms with Crippen LogP contribution in [0.15, 0.2) is 65.8 Å². The first kappa shape index (κ1) is 29.7. The highest BCUT2D eigenvalue weighted by Crippen LogP contribution is 2.36. The Bertz CT molecular complexity index is 1470. The first-order chi connectivity index (χ1) is 19.6. The van der Waals surface area contributed by atoms with Crippen molar-refractivity contribution in [3.63, 3.8) is 0 Å². The van der Waals surface area contributed by atoms with Gasteiger partial charge in [0.1, 0.15) is 17.5 Å². The summed E-state index contributed by atoms with van der Waals surface area (Å²) < 4.78 is 10.8. The number of carboxylic acids is 1. The summed E-state index contributed by atoms with van der Waals surface area (Å²) in [7, 11) is 3.01. The maximum atomic E-state index is 13.2. The fourth-order valence-corrected chi connectivity index (χ4v) is 4.88. The van der Waals surface area contributed by atoms with E-state index in [1.54, 1.807) is 60.7 Å². The van der Waals surface area contributed by atoms with Crippen molar-refractivity contribution in [2.45, 2.75) is 31.4 Å². The molecule has 3 N–H and O–H groups in total. The number of anilines is 1. The van der Waals surface area contributed by atoms with Crippen LogP contribution >= 0.6 is 23.2 Å². The van der Waals surface area contributed by atoms with Gasteiger partial charge < -0.3 is 30.1 Å². The van der Waals surface area contributed by atoms with Gasteiger partial charge >= 0.3 is 5.97 Å². The van der Waals surface area contributed by atoms with Crippen molar-refractivity contribution in [1.82, 2.24) is 5.32 Å². The van der Waals surface area contributed by atoms with Gasteiger partial charge in [-0.05, 0) is 48.9 Å². The van der Waals surface area contributed by atoms with Crippen LogP contribution in [0.2, 0.25) is 10.0 Å². The molecule has 4 rings (SSSR count). The molecule has 2 unspecified atom stereocenters. The zero-order chi connectivity index (χ0) is 29.7. The lowest BCUT2D eigenvalue weighted by molar-refractivity contribution is -0.148. The molecular formula is C29H27Cl2N3O7. The third kappa shape index (κ3) is 6.55. The summed E-state index contributed by atoms with van der Waals surface area (Å²) in [5.74, 6) is -1.36. The van der Waals surface area contributed by atoms with E-state index in [2.05, 4.69) is 15.8 Å². The van der Waals surface area contributed by atoms with E-state index in [0.29, 0.717) is 34.0 Å². The van der Waals surface area contributed by atoms with Gasteiger partial charge in [-0.25, -0.2) is 4.79 Å². The van der Waals surface area contributed by atoms with E-state index in [0.717, 1.165) is 0 Å². The number of nitrogens with one attached hydrogen (secondary N) is 2. The van der Waals surface area contributed by atoms with E-state index in [1.807, 2.05) is 0 Å². The molecule has 0 radical (unpaired) electrons. The van der Waals surface area contributed by atoms with Gasteiger partial charge in [0.2, 0.25) is 5.60 Å². The fourth-order valence-electron chi connectivity index (χ4n) is 4.31. The molecule has 3 aromatic rings. The fraction of sp³-hybridized carbons (Fsp3) is 0.241. The predicted octanol–water partition coefficient (Wildman–Crippen LogP) is 4.96. The van der Waals surface area contributed by atoms with Crippen molar-refractivity contribution in [1.29, 1.82) is 0 Å². The van der Waals surface area contributed by atoms with Crippen LogP contribution in [0.3, 0.4) is 0 Å². The zero-order valence-corrected chi connectivity index (χ0v) is 23.9.